The first kappa shape index (κ1) is 15.5. The van der Waals surface area contributed by atoms with Gasteiger partial charge in [0, 0.05) is 19.0 Å². The lowest BCUT2D eigenvalue weighted by molar-refractivity contribution is -0.142. The van der Waals surface area contributed by atoms with Gasteiger partial charge < -0.3 is 15.0 Å². The fraction of sp³-hybridized carbons (Fsp3) is 0.471. The largest absolute Gasteiger partial charge is 0.481 e. The Morgan fingerprint density at radius 3 is 2.70 bits per heavy atom. The van der Waals surface area contributed by atoms with E-state index in [1.807, 2.05) is 28.8 Å². The van der Waals surface area contributed by atoms with Gasteiger partial charge in [0.25, 0.3) is 0 Å². The molecule has 122 valence electrons. The number of fused-ring (bicyclic) bond motifs is 1. The van der Waals surface area contributed by atoms with Crippen molar-refractivity contribution >= 4 is 22.9 Å². The number of hydrogen-bond donors (Lipinski definition) is 2. The van der Waals surface area contributed by atoms with E-state index in [1.165, 1.54) is 0 Å². The number of amides is 1. The number of para-hydroxylation sites is 2. The van der Waals surface area contributed by atoms with Gasteiger partial charge in [0.2, 0.25) is 5.91 Å². The molecule has 3 rings (SSSR count). The Bertz CT molecular complexity index is 702. The maximum atomic E-state index is 12.1. The molecular formula is C17H21N3O3. The van der Waals surface area contributed by atoms with Crippen LogP contribution in [-0.4, -0.2) is 32.6 Å². The normalized spacial score (nSPS) is 21.2. The van der Waals surface area contributed by atoms with Crippen LogP contribution in [0.4, 0.5) is 0 Å². The van der Waals surface area contributed by atoms with Crippen LogP contribution in [-0.2, 0) is 16.1 Å². The molecule has 0 aliphatic heterocycles. The number of aromatic nitrogens is 2. The minimum Gasteiger partial charge on any atom is -0.481 e. The third-order valence-corrected chi connectivity index (χ3v) is 4.55. The zero-order chi connectivity index (χ0) is 16.2. The summed E-state index contributed by atoms with van der Waals surface area (Å²) in [6.45, 7) is 0.594. The number of carboxylic acid groups (broad SMARTS) is 1. The molecule has 6 nitrogen and oxygen atoms in total. The lowest BCUT2D eigenvalue weighted by Gasteiger charge is -2.26. The molecule has 0 bridgehead atoms. The Labute approximate surface area is 134 Å². The predicted octanol–water partition coefficient (Wildman–Crippen LogP) is 2.19. The molecule has 0 unspecified atom stereocenters. The zero-order valence-corrected chi connectivity index (χ0v) is 12.9. The van der Waals surface area contributed by atoms with Crippen molar-refractivity contribution < 1.29 is 14.7 Å². The van der Waals surface area contributed by atoms with E-state index in [2.05, 4.69) is 10.3 Å². The van der Waals surface area contributed by atoms with E-state index in [9.17, 15) is 9.59 Å². The number of aryl methyl sites for hydroxylation is 1. The van der Waals surface area contributed by atoms with Crippen molar-refractivity contribution in [2.75, 3.05) is 0 Å². The van der Waals surface area contributed by atoms with Gasteiger partial charge in [-0.05, 0) is 37.8 Å². The second-order valence-electron chi connectivity index (χ2n) is 6.13. The lowest BCUT2D eigenvalue weighted by Crippen LogP contribution is -2.39. The summed E-state index contributed by atoms with van der Waals surface area (Å²) >= 11 is 0. The quantitative estimate of drug-likeness (QED) is 0.886. The summed E-state index contributed by atoms with van der Waals surface area (Å²) in [5.74, 6) is -0.955. The van der Waals surface area contributed by atoms with Crippen LogP contribution in [0.5, 0.6) is 0 Å². The highest BCUT2D eigenvalue weighted by molar-refractivity contribution is 5.77. The number of nitrogens with one attached hydrogen (secondary N) is 1. The fourth-order valence-corrected chi connectivity index (χ4v) is 3.20. The van der Waals surface area contributed by atoms with Crippen LogP contribution in [0, 0.1) is 5.92 Å². The smallest absolute Gasteiger partial charge is 0.306 e. The SMILES string of the molecule is O=C(CCn1cnc2ccccc21)NC1CCC(C(=O)O)CC1. The Kier molecular flexibility index (Phi) is 4.60. The van der Waals surface area contributed by atoms with E-state index in [0.717, 1.165) is 23.9 Å². The van der Waals surface area contributed by atoms with Crippen LogP contribution >= 0.6 is 0 Å². The molecule has 1 aromatic heterocycles. The average molecular weight is 315 g/mol. The van der Waals surface area contributed by atoms with Crippen molar-refractivity contribution in [3.05, 3.63) is 30.6 Å². The highest BCUT2D eigenvalue weighted by atomic mass is 16.4. The third-order valence-electron chi connectivity index (χ3n) is 4.55. The zero-order valence-electron chi connectivity index (χ0n) is 12.9. The minimum absolute atomic E-state index is 0.0153. The van der Waals surface area contributed by atoms with Gasteiger partial charge in [-0.2, -0.15) is 0 Å². The number of imidazole rings is 1. The summed E-state index contributed by atoms with van der Waals surface area (Å²) in [4.78, 5) is 27.3. The van der Waals surface area contributed by atoms with Crippen molar-refractivity contribution in [1.82, 2.24) is 14.9 Å². The summed E-state index contributed by atoms with van der Waals surface area (Å²) in [6, 6.07) is 7.96. The number of nitrogens with zero attached hydrogens (tertiary/aromatic N) is 2. The van der Waals surface area contributed by atoms with Gasteiger partial charge in [0.15, 0.2) is 0 Å². The number of carbonyl (C=O) groups is 2. The molecule has 1 aromatic carbocycles. The highest BCUT2D eigenvalue weighted by Gasteiger charge is 2.26. The maximum absolute atomic E-state index is 12.1. The maximum Gasteiger partial charge on any atom is 0.306 e. The number of benzene rings is 1. The Morgan fingerprint density at radius 2 is 1.96 bits per heavy atom. The molecule has 1 amide bonds. The molecule has 1 fully saturated rings. The molecule has 1 aliphatic carbocycles. The van der Waals surface area contributed by atoms with Crippen molar-refractivity contribution in [2.45, 2.75) is 44.7 Å². The van der Waals surface area contributed by atoms with Gasteiger partial charge in [-0.1, -0.05) is 12.1 Å². The third kappa shape index (κ3) is 3.70. The molecule has 0 spiro atoms. The van der Waals surface area contributed by atoms with Crippen LogP contribution in [0.15, 0.2) is 30.6 Å². The van der Waals surface area contributed by atoms with E-state index in [-0.39, 0.29) is 17.9 Å². The molecule has 2 aromatic rings. The fourth-order valence-electron chi connectivity index (χ4n) is 3.20. The first-order valence-corrected chi connectivity index (χ1v) is 8.05. The van der Waals surface area contributed by atoms with Crippen LogP contribution < -0.4 is 5.32 Å². The van der Waals surface area contributed by atoms with Gasteiger partial charge in [-0.15, -0.1) is 0 Å². The monoisotopic (exact) mass is 315 g/mol. The second-order valence-corrected chi connectivity index (χ2v) is 6.13. The molecular weight excluding hydrogens is 294 g/mol. The van der Waals surface area contributed by atoms with Gasteiger partial charge in [0.1, 0.15) is 0 Å². The Morgan fingerprint density at radius 1 is 1.22 bits per heavy atom. The molecule has 0 saturated heterocycles. The number of aliphatic carboxylic acids is 1. The van der Waals surface area contributed by atoms with E-state index in [1.54, 1.807) is 6.33 Å². The van der Waals surface area contributed by atoms with Crippen molar-refractivity contribution in [3.63, 3.8) is 0 Å². The standard InChI is InChI=1S/C17H21N3O3/c21-16(19-13-7-5-12(6-8-13)17(22)23)9-10-20-11-18-14-3-1-2-4-15(14)20/h1-4,11-13H,5-10H2,(H,19,21)(H,22,23). The van der Waals surface area contributed by atoms with E-state index in [4.69, 9.17) is 5.11 Å². The summed E-state index contributed by atoms with van der Waals surface area (Å²) in [7, 11) is 0. The first-order valence-electron chi connectivity index (χ1n) is 8.05. The molecule has 1 saturated carbocycles. The van der Waals surface area contributed by atoms with E-state index < -0.39 is 5.97 Å². The number of carboxylic acids is 1. The first-order chi connectivity index (χ1) is 11.1. The lowest BCUT2D eigenvalue weighted by atomic mass is 9.86. The number of carbonyl (C=O) groups excluding carboxylic acids is 1. The minimum atomic E-state index is -0.721. The summed E-state index contributed by atoms with van der Waals surface area (Å²) in [6.07, 6.45) is 4.95. The van der Waals surface area contributed by atoms with E-state index >= 15 is 0 Å². The molecule has 0 radical (unpaired) electrons. The predicted molar refractivity (Wildman–Crippen MR) is 85.9 cm³/mol. The van der Waals surface area contributed by atoms with Crippen LogP contribution in [0.25, 0.3) is 11.0 Å². The molecule has 2 N–H and O–H groups in total. The number of hydrogen-bond acceptors (Lipinski definition) is 3. The van der Waals surface area contributed by atoms with Gasteiger partial charge >= 0.3 is 5.97 Å². The second kappa shape index (κ2) is 6.81. The molecule has 0 atom stereocenters. The molecule has 1 aliphatic rings. The molecule has 6 heteroatoms. The van der Waals surface area contributed by atoms with Gasteiger partial charge in [-0.3, -0.25) is 9.59 Å². The van der Waals surface area contributed by atoms with Crippen LogP contribution in [0.1, 0.15) is 32.1 Å². The van der Waals surface area contributed by atoms with Crippen molar-refractivity contribution in [1.29, 1.82) is 0 Å². The van der Waals surface area contributed by atoms with Crippen molar-refractivity contribution in [2.24, 2.45) is 5.92 Å². The summed E-state index contributed by atoms with van der Waals surface area (Å²) in [5.41, 5.74) is 1.96. The van der Waals surface area contributed by atoms with Crippen molar-refractivity contribution in [3.8, 4) is 0 Å². The summed E-state index contributed by atoms with van der Waals surface area (Å²) < 4.78 is 1.98. The van der Waals surface area contributed by atoms with Crippen LogP contribution in [0.2, 0.25) is 0 Å². The molecule has 1 heterocycles. The Hall–Kier alpha value is -2.37. The number of rotatable bonds is 5. The van der Waals surface area contributed by atoms with Gasteiger partial charge in [0.05, 0.1) is 23.3 Å². The highest BCUT2D eigenvalue weighted by Crippen LogP contribution is 2.24. The average Bonchev–Trinajstić information content (AvgIpc) is 2.97. The topological polar surface area (TPSA) is 84.2 Å². The molecule has 23 heavy (non-hydrogen) atoms. The van der Waals surface area contributed by atoms with Crippen LogP contribution in [0.3, 0.4) is 0 Å². The van der Waals surface area contributed by atoms with Gasteiger partial charge in [-0.25, -0.2) is 4.98 Å². The summed E-state index contributed by atoms with van der Waals surface area (Å²) in [5, 5.41) is 12.0. The van der Waals surface area contributed by atoms with E-state index in [0.29, 0.717) is 25.8 Å². The Balaban J connectivity index is 1.48.